The molecule has 0 radical (unpaired) electrons. The maximum absolute atomic E-state index is 6.67. The van der Waals surface area contributed by atoms with E-state index in [1.807, 2.05) is 12.4 Å². The van der Waals surface area contributed by atoms with Gasteiger partial charge in [0, 0.05) is 37.2 Å². The minimum absolute atomic E-state index is 0. The predicted octanol–water partition coefficient (Wildman–Crippen LogP) is 6.78. The molecule has 0 aliphatic heterocycles. The van der Waals surface area contributed by atoms with E-state index in [4.69, 9.17) is 12.8 Å². The molecule has 0 unspecified atom stereocenters. The van der Waals surface area contributed by atoms with E-state index in [1.54, 1.807) is 49.1 Å². The topological polar surface area (TPSA) is 51.6 Å². The first-order chi connectivity index (χ1) is 17.0. The summed E-state index contributed by atoms with van der Waals surface area (Å²) in [5.41, 5.74) is 6.24. The summed E-state index contributed by atoms with van der Waals surface area (Å²) in [7, 11) is 0. The Morgan fingerprint density at radius 3 is 1.11 bits per heavy atom. The van der Waals surface area contributed by atoms with Gasteiger partial charge >= 0.3 is 21.1 Å². The molecule has 0 spiro atoms. The van der Waals surface area contributed by atoms with Gasteiger partial charge in [0.05, 0.1) is 11.4 Å². The molecular weight excluding hydrogens is 635 g/mol. The van der Waals surface area contributed by atoms with E-state index < -0.39 is 0 Å². The first kappa shape index (κ1) is 31.4. The van der Waals surface area contributed by atoms with Crippen molar-refractivity contribution in [1.82, 2.24) is 19.9 Å². The third-order valence-electron chi connectivity index (χ3n) is 5.16. The Morgan fingerprint density at radius 2 is 0.865 bits per heavy atom. The van der Waals surface area contributed by atoms with E-state index >= 15 is 0 Å². The Bertz CT molecular complexity index is 1200. The fraction of sp³-hybridized carbons (Fsp3) is 0.250. The summed E-state index contributed by atoms with van der Waals surface area (Å²) in [4.78, 5) is 16.5. The van der Waals surface area contributed by atoms with Gasteiger partial charge in [0.2, 0.25) is 0 Å². The van der Waals surface area contributed by atoms with Crippen molar-refractivity contribution in [1.29, 1.82) is 0 Å². The molecule has 5 heteroatoms. The van der Waals surface area contributed by atoms with E-state index in [2.05, 4.69) is 97.6 Å². The van der Waals surface area contributed by atoms with Crippen LogP contribution in [0.4, 0.5) is 0 Å². The SMILES string of the molecule is CC(C)(C)c1ccnc(-c2cc(C(C)(C)C)ccn2)c1.[C-]#Cc1ccncc1.[C-]#Cc1ccncc1.[Pt+2]. The van der Waals surface area contributed by atoms with Crippen LogP contribution in [-0.4, -0.2) is 19.9 Å². The minimum atomic E-state index is 0. The fourth-order valence-corrected chi connectivity index (χ4v) is 2.94. The smallest absolute Gasteiger partial charge is 0.366 e. The normalized spacial score (nSPS) is 10.2. The second kappa shape index (κ2) is 14.8. The molecule has 0 atom stereocenters. The summed E-state index contributed by atoms with van der Waals surface area (Å²) in [6.07, 6.45) is 23.6. The molecule has 4 rings (SSSR count). The van der Waals surface area contributed by atoms with Crippen LogP contribution in [0.3, 0.4) is 0 Å². The maximum atomic E-state index is 6.67. The molecule has 0 aromatic carbocycles. The zero-order chi connectivity index (χ0) is 26.6. The van der Waals surface area contributed by atoms with Crippen LogP contribution in [0.25, 0.3) is 11.4 Å². The number of hydrogen-bond donors (Lipinski definition) is 0. The third-order valence-corrected chi connectivity index (χ3v) is 5.16. The fourth-order valence-electron chi connectivity index (χ4n) is 2.94. The molecular formula is C32H32N4Pt. The van der Waals surface area contributed by atoms with Gasteiger partial charge in [-0.3, -0.25) is 31.8 Å². The summed E-state index contributed by atoms with van der Waals surface area (Å²) in [6.45, 7) is 13.3. The molecule has 0 amide bonds. The molecule has 4 nitrogen and oxygen atoms in total. The van der Waals surface area contributed by atoms with E-state index in [9.17, 15) is 0 Å². The van der Waals surface area contributed by atoms with Crippen molar-refractivity contribution in [2.24, 2.45) is 0 Å². The standard InChI is InChI=1S/C18H24N2.2C7H4N.Pt/c1-17(2,3)13-7-9-19-15(11-13)16-12-14(8-10-20-16)18(4,5)6;2*1-2-7-3-5-8-6-4-7;/h7-12H,1-6H3;2*3-6H;/q;2*-1;+2. The van der Waals surface area contributed by atoms with Crippen molar-refractivity contribution < 1.29 is 21.1 Å². The van der Waals surface area contributed by atoms with Crippen LogP contribution in [0, 0.1) is 24.7 Å². The van der Waals surface area contributed by atoms with Crippen LogP contribution >= 0.6 is 0 Å². The molecule has 0 bridgehead atoms. The van der Waals surface area contributed by atoms with Crippen LogP contribution in [-0.2, 0) is 31.9 Å². The Morgan fingerprint density at radius 1 is 0.541 bits per heavy atom. The number of hydrogen-bond acceptors (Lipinski definition) is 4. The Balaban J connectivity index is 0.000000331. The predicted molar refractivity (Wildman–Crippen MR) is 146 cm³/mol. The Kier molecular flexibility index (Phi) is 12.6. The van der Waals surface area contributed by atoms with Gasteiger partial charge in [-0.05, 0) is 46.2 Å². The number of rotatable bonds is 1. The third kappa shape index (κ3) is 10.9. The molecule has 4 aromatic rings. The second-order valence-electron chi connectivity index (χ2n) is 10.1. The second-order valence-corrected chi connectivity index (χ2v) is 10.1. The van der Waals surface area contributed by atoms with Gasteiger partial charge < -0.3 is 12.8 Å². The number of nitrogens with zero attached hydrogens (tertiary/aromatic N) is 4. The van der Waals surface area contributed by atoms with Crippen LogP contribution in [0.5, 0.6) is 0 Å². The molecule has 0 aliphatic rings. The van der Waals surface area contributed by atoms with Crippen molar-refractivity contribution in [2.45, 2.75) is 52.4 Å². The van der Waals surface area contributed by atoms with E-state index in [-0.39, 0.29) is 31.9 Å². The van der Waals surface area contributed by atoms with E-state index in [1.165, 1.54) is 11.1 Å². The first-order valence-electron chi connectivity index (χ1n) is 11.6. The summed E-state index contributed by atoms with van der Waals surface area (Å²) in [5, 5.41) is 0. The molecule has 0 aliphatic carbocycles. The molecule has 0 N–H and O–H groups in total. The van der Waals surface area contributed by atoms with E-state index in [0.29, 0.717) is 0 Å². The van der Waals surface area contributed by atoms with Gasteiger partial charge in [-0.15, -0.1) is 35.4 Å². The van der Waals surface area contributed by atoms with Crippen molar-refractivity contribution in [3.05, 3.63) is 121 Å². The van der Waals surface area contributed by atoms with Gasteiger partial charge in [-0.1, -0.05) is 41.5 Å². The molecule has 0 saturated carbocycles. The average molecular weight is 668 g/mol. The maximum Gasteiger partial charge on any atom is 2.00 e. The molecule has 4 heterocycles. The van der Waals surface area contributed by atoms with Crippen molar-refractivity contribution in [2.75, 3.05) is 0 Å². The summed E-state index contributed by atoms with van der Waals surface area (Å²) in [6, 6.07) is 15.4. The minimum Gasteiger partial charge on any atom is -0.366 e. The van der Waals surface area contributed by atoms with Crippen molar-refractivity contribution >= 4 is 0 Å². The quantitative estimate of drug-likeness (QED) is 0.166. The molecule has 190 valence electrons. The monoisotopic (exact) mass is 667 g/mol. The van der Waals surface area contributed by atoms with E-state index in [0.717, 1.165) is 22.5 Å². The molecule has 37 heavy (non-hydrogen) atoms. The number of aromatic nitrogens is 4. The van der Waals surface area contributed by atoms with Gasteiger partial charge in [-0.25, -0.2) is 0 Å². The van der Waals surface area contributed by atoms with Crippen LogP contribution in [0.2, 0.25) is 0 Å². The molecule has 0 fully saturated rings. The summed E-state index contributed by atoms with van der Waals surface area (Å²) >= 11 is 0. The first-order valence-corrected chi connectivity index (χ1v) is 11.6. The van der Waals surface area contributed by atoms with Crippen LogP contribution in [0.15, 0.2) is 85.7 Å². The van der Waals surface area contributed by atoms with Crippen LogP contribution in [0.1, 0.15) is 63.8 Å². The average Bonchev–Trinajstić information content (AvgIpc) is 2.89. The Labute approximate surface area is 236 Å². The number of pyridine rings is 4. The zero-order valence-corrected chi connectivity index (χ0v) is 24.5. The van der Waals surface area contributed by atoms with Gasteiger partial charge in [0.25, 0.3) is 0 Å². The zero-order valence-electron chi connectivity index (χ0n) is 22.2. The van der Waals surface area contributed by atoms with Gasteiger partial charge in [-0.2, -0.15) is 0 Å². The van der Waals surface area contributed by atoms with Crippen LogP contribution < -0.4 is 0 Å². The molecule has 0 saturated heterocycles. The Hall–Kier alpha value is -3.59. The van der Waals surface area contributed by atoms with Crippen molar-refractivity contribution in [3.8, 4) is 23.2 Å². The largest absolute Gasteiger partial charge is 2.00 e. The van der Waals surface area contributed by atoms with Gasteiger partial charge in [0.1, 0.15) is 0 Å². The van der Waals surface area contributed by atoms with Crippen molar-refractivity contribution in [3.63, 3.8) is 0 Å². The van der Waals surface area contributed by atoms with Gasteiger partial charge in [0.15, 0.2) is 0 Å². The summed E-state index contributed by atoms with van der Waals surface area (Å²) < 4.78 is 0. The molecule has 4 aromatic heterocycles. The summed E-state index contributed by atoms with van der Waals surface area (Å²) in [5.74, 6) is 4.47.